The Labute approximate surface area is 97.1 Å². The van der Waals surface area contributed by atoms with E-state index in [4.69, 9.17) is 4.74 Å². The smallest absolute Gasteiger partial charge is 0.118 e. The fraction of sp³-hybridized carbons (Fsp3) is 0.467. The molecule has 3 rings (SSSR count). The van der Waals surface area contributed by atoms with Crippen LogP contribution in [-0.2, 0) is 10.3 Å². The zero-order valence-electron chi connectivity index (χ0n) is 10.4. The lowest BCUT2D eigenvalue weighted by Crippen LogP contribution is -2.36. The summed E-state index contributed by atoms with van der Waals surface area (Å²) in [4.78, 5) is 0. The second-order valence-corrected chi connectivity index (χ2v) is 5.92. The van der Waals surface area contributed by atoms with Crippen LogP contribution in [0.25, 0.3) is 0 Å². The minimum Gasteiger partial charge on any atom is -0.354 e. The maximum Gasteiger partial charge on any atom is 0.118 e. The van der Waals surface area contributed by atoms with Gasteiger partial charge >= 0.3 is 0 Å². The highest BCUT2D eigenvalue weighted by molar-refractivity contribution is 5.52. The van der Waals surface area contributed by atoms with Crippen LogP contribution in [0, 0.1) is 12.3 Å². The summed E-state index contributed by atoms with van der Waals surface area (Å²) in [5.74, 6) is 0. The lowest BCUT2D eigenvalue weighted by molar-refractivity contribution is -0.0753. The van der Waals surface area contributed by atoms with Crippen LogP contribution in [0.3, 0.4) is 0 Å². The summed E-state index contributed by atoms with van der Waals surface area (Å²) in [5, 5.41) is 0. The van der Waals surface area contributed by atoms with E-state index in [1.165, 1.54) is 16.7 Å². The molecule has 2 aliphatic rings. The van der Waals surface area contributed by atoms with E-state index >= 15 is 0 Å². The molecule has 0 aromatic heterocycles. The summed E-state index contributed by atoms with van der Waals surface area (Å²) in [6.45, 7) is 8.92. The summed E-state index contributed by atoms with van der Waals surface area (Å²) in [5.41, 5.74) is 3.99. The first-order chi connectivity index (χ1) is 7.46. The number of rotatable bonds is 0. The summed E-state index contributed by atoms with van der Waals surface area (Å²) < 4.78 is 6.26. The van der Waals surface area contributed by atoms with Crippen LogP contribution in [-0.4, -0.2) is 0 Å². The average molecular weight is 214 g/mol. The molecule has 2 bridgehead atoms. The largest absolute Gasteiger partial charge is 0.354 e. The van der Waals surface area contributed by atoms with Gasteiger partial charge < -0.3 is 4.74 Å². The fourth-order valence-electron chi connectivity index (χ4n) is 3.02. The molecule has 2 unspecified atom stereocenters. The van der Waals surface area contributed by atoms with Gasteiger partial charge in [-0.15, -0.1) is 0 Å². The minimum absolute atomic E-state index is 0.0945. The van der Waals surface area contributed by atoms with E-state index in [2.05, 4.69) is 58.0 Å². The zero-order chi connectivity index (χ0) is 11.6. The van der Waals surface area contributed by atoms with E-state index in [0.717, 1.165) is 0 Å². The number of hydrogen-bond donors (Lipinski definition) is 0. The number of aryl methyl sites for hydroxylation is 1. The molecule has 16 heavy (non-hydrogen) atoms. The van der Waals surface area contributed by atoms with Crippen molar-refractivity contribution >= 4 is 0 Å². The predicted molar refractivity (Wildman–Crippen MR) is 65.3 cm³/mol. The van der Waals surface area contributed by atoms with Crippen molar-refractivity contribution in [1.82, 2.24) is 0 Å². The van der Waals surface area contributed by atoms with Gasteiger partial charge in [-0.05, 0) is 35.1 Å². The molecule has 0 fully saturated rings. The van der Waals surface area contributed by atoms with Crippen molar-refractivity contribution in [2.45, 2.75) is 39.4 Å². The van der Waals surface area contributed by atoms with Gasteiger partial charge in [0.05, 0.1) is 0 Å². The van der Waals surface area contributed by atoms with Crippen molar-refractivity contribution in [3.05, 3.63) is 47.0 Å². The summed E-state index contributed by atoms with van der Waals surface area (Å²) >= 11 is 0. The van der Waals surface area contributed by atoms with Gasteiger partial charge in [-0.25, -0.2) is 0 Å². The van der Waals surface area contributed by atoms with Crippen LogP contribution < -0.4 is 0 Å². The van der Waals surface area contributed by atoms with Gasteiger partial charge in [0.1, 0.15) is 11.7 Å². The Bertz CT molecular complexity index is 479. The normalized spacial score (nSPS) is 30.9. The molecule has 0 spiro atoms. The van der Waals surface area contributed by atoms with Crippen LogP contribution in [0.1, 0.15) is 43.6 Å². The van der Waals surface area contributed by atoms with Crippen LogP contribution in [0.4, 0.5) is 0 Å². The van der Waals surface area contributed by atoms with Crippen molar-refractivity contribution in [3.63, 3.8) is 0 Å². The quantitative estimate of drug-likeness (QED) is 0.595. The van der Waals surface area contributed by atoms with E-state index < -0.39 is 0 Å². The van der Waals surface area contributed by atoms with Gasteiger partial charge in [-0.1, -0.05) is 45.0 Å². The van der Waals surface area contributed by atoms with Gasteiger partial charge in [-0.2, -0.15) is 0 Å². The highest BCUT2D eigenvalue weighted by Crippen LogP contribution is 2.58. The number of hydrogen-bond acceptors (Lipinski definition) is 1. The molecule has 0 N–H and O–H groups in total. The number of ether oxygens (including phenoxy) is 1. The van der Waals surface area contributed by atoms with Gasteiger partial charge in [0.2, 0.25) is 0 Å². The third-order valence-corrected chi connectivity index (χ3v) is 3.94. The highest BCUT2D eigenvalue weighted by Gasteiger charge is 2.53. The second kappa shape index (κ2) is 2.78. The van der Waals surface area contributed by atoms with Crippen molar-refractivity contribution in [3.8, 4) is 0 Å². The van der Waals surface area contributed by atoms with Crippen LogP contribution >= 0.6 is 0 Å². The lowest BCUT2D eigenvalue weighted by atomic mass is 9.70. The Morgan fingerprint density at radius 2 is 2.00 bits per heavy atom. The van der Waals surface area contributed by atoms with Crippen molar-refractivity contribution < 1.29 is 4.74 Å². The summed E-state index contributed by atoms with van der Waals surface area (Å²) in [7, 11) is 0. The Balaban J connectivity index is 2.28. The SMILES string of the molecule is Cc1cccc2c1C1C=CC2(C(C)(C)C)O1. The van der Waals surface area contributed by atoms with Crippen LogP contribution in [0.2, 0.25) is 0 Å². The Hall–Kier alpha value is -1.08. The maximum atomic E-state index is 6.26. The molecule has 0 aliphatic carbocycles. The standard InChI is InChI=1S/C15H18O/c1-10-6-5-7-11-13(10)12-8-9-15(11,16-12)14(2,3)4/h5-9,12H,1-4H3. The van der Waals surface area contributed by atoms with Gasteiger partial charge in [-0.3, -0.25) is 0 Å². The van der Waals surface area contributed by atoms with Gasteiger partial charge in [0.15, 0.2) is 0 Å². The molecule has 0 saturated carbocycles. The second-order valence-electron chi connectivity index (χ2n) is 5.92. The molecule has 0 saturated heterocycles. The Morgan fingerprint density at radius 1 is 1.25 bits per heavy atom. The van der Waals surface area contributed by atoms with E-state index in [-0.39, 0.29) is 17.1 Å². The molecule has 2 aliphatic heterocycles. The molecule has 0 radical (unpaired) electrons. The first-order valence-corrected chi connectivity index (χ1v) is 5.93. The summed E-state index contributed by atoms with van der Waals surface area (Å²) in [6.07, 6.45) is 4.63. The zero-order valence-corrected chi connectivity index (χ0v) is 10.4. The monoisotopic (exact) mass is 214 g/mol. The van der Waals surface area contributed by atoms with Crippen molar-refractivity contribution in [1.29, 1.82) is 0 Å². The first kappa shape index (κ1) is 10.1. The van der Waals surface area contributed by atoms with E-state index in [1.807, 2.05) is 0 Å². The third kappa shape index (κ3) is 0.997. The van der Waals surface area contributed by atoms with E-state index in [1.54, 1.807) is 0 Å². The molecule has 1 aromatic rings. The van der Waals surface area contributed by atoms with Crippen LogP contribution in [0.15, 0.2) is 30.4 Å². The summed E-state index contributed by atoms with van der Waals surface area (Å²) in [6, 6.07) is 6.53. The number of fused-ring (bicyclic) bond motifs is 5. The molecule has 1 nitrogen and oxygen atoms in total. The van der Waals surface area contributed by atoms with Crippen molar-refractivity contribution in [2.75, 3.05) is 0 Å². The molecule has 84 valence electrons. The first-order valence-electron chi connectivity index (χ1n) is 5.93. The molecule has 1 heteroatoms. The Morgan fingerprint density at radius 3 is 2.69 bits per heavy atom. The van der Waals surface area contributed by atoms with E-state index in [0.29, 0.717) is 0 Å². The lowest BCUT2D eigenvalue weighted by Gasteiger charge is -2.38. The highest BCUT2D eigenvalue weighted by atomic mass is 16.5. The topological polar surface area (TPSA) is 9.23 Å². The maximum absolute atomic E-state index is 6.26. The predicted octanol–water partition coefficient (Wildman–Crippen LogP) is 3.88. The Kier molecular flexibility index (Phi) is 1.75. The molecule has 2 atom stereocenters. The molecule has 1 aromatic carbocycles. The van der Waals surface area contributed by atoms with Crippen molar-refractivity contribution in [2.24, 2.45) is 5.41 Å². The van der Waals surface area contributed by atoms with E-state index in [9.17, 15) is 0 Å². The van der Waals surface area contributed by atoms with Crippen LogP contribution in [0.5, 0.6) is 0 Å². The third-order valence-electron chi connectivity index (χ3n) is 3.94. The average Bonchev–Trinajstić information content (AvgIpc) is 2.74. The number of benzene rings is 1. The van der Waals surface area contributed by atoms with Gasteiger partial charge in [0, 0.05) is 0 Å². The van der Waals surface area contributed by atoms with Gasteiger partial charge in [0.25, 0.3) is 0 Å². The molecular weight excluding hydrogens is 196 g/mol. The fourth-order valence-corrected chi connectivity index (χ4v) is 3.02. The molecule has 2 heterocycles. The minimum atomic E-state index is -0.209. The molecular formula is C15H18O. The molecule has 0 amide bonds.